The number of phenols is 3. The Labute approximate surface area is 109 Å². The van der Waals surface area contributed by atoms with Crippen LogP contribution < -0.4 is 0 Å². The van der Waals surface area contributed by atoms with Crippen LogP contribution in [0.2, 0.25) is 0 Å². The Hall–Kier alpha value is -2.62. The number of hydrogen-bond donors (Lipinski definition) is 3. The molecule has 1 atom stereocenters. The first-order valence-corrected chi connectivity index (χ1v) is 5.87. The second kappa shape index (κ2) is 4.24. The number of phenolic OH excluding ortho intramolecular Hbond substituents is 3. The average molecular weight is 257 g/mol. The standard InChI is InChI=1S/C15H12O4/c16-10-3-1-9(2-4-10)14-6-5-12-13(18)7-11(17)8-15(12)19-14/h1-8,14,16-18H/p+1. The van der Waals surface area contributed by atoms with Gasteiger partial charge in [-0.25, -0.2) is 0 Å². The van der Waals surface area contributed by atoms with Crippen molar-refractivity contribution >= 4 is 6.08 Å². The summed E-state index contributed by atoms with van der Waals surface area (Å²) in [6.07, 6.45) is 3.47. The fourth-order valence-corrected chi connectivity index (χ4v) is 2.12. The van der Waals surface area contributed by atoms with Gasteiger partial charge in [-0.05, 0) is 30.3 Å². The van der Waals surface area contributed by atoms with Gasteiger partial charge < -0.3 is 20.1 Å². The molecule has 0 amide bonds. The summed E-state index contributed by atoms with van der Waals surface area (Å²) in [4.78, 5) is 0. The minimum absolute atomic E-state index is 0.0131. The molecular weight excluding hydrogens is 244 g/mol. The smallest absolute Gasteiger partial charge is 0.270 e. The molecule has 0 radical (unpaired) electrons. The average Bonchev–Trinajstić information content (AvgIpc) is 2.38. The second-order valence-corrected chi connectivity index (χ2v) is 4.42. The van der Waals surface area contributed by atoms with Gasteiger partial charge in [0.2, 0.25) is 6.10 Å². The third-order valence-electron chi connectivity index (χ3n) is 3.08. The highest BCUT2D eigenvalue weighted by Crippen LogP contribution is 2.41. The van der Waals surface area contributed by atoms with Crippen molar-refractivity contribution in [2.24, 2.45) is 0 Å². The lowest BCUT2D eigenvalue weighted by molar-refractivity contribution is 0.0126. The van der Waals surface area contributed by atoms with Crippen LogP contribution in [-0.4, -0.2) is 20.1 Å². The van der Waals surface area contributed by atoms with Crippen molar-refractivity contribution in [1.82, 2.24) is 0 Å². The molecule has 4 nitrogen and oxygen atoms in total. The summed E-state index contributed by atoms with van der Waals surface area (Å²) in [6, 6.07) is 9.61. The highest BCUT2D eigenvalue weighted by molar-refractivity contribution is 5.67. The Morgan fingerprint density at radius 1 is 0.895 bits per heavy atom. The summed E-state index contributed by atoms with van der Waals surface area (Å²) in [7, 11) is 0. The minimum Gasteiger partial charge on any atom is -0.574 e. The van der Waals surface area contributed by atoms with E-state index in [4.69, 9.17) is 0 Å². The molecule has 0 aliphatic carbocycles. The lowest BCUT2D eigenvalue weighted by atomic mass is 10.0. The Balaban J connectivity index is 1.97. The van der Waals surface area contributed by atoms with Crippen LogP contribution >= 0.6 is 0 Å². The summed E-state index contributed by atoms with van der Waals surface area (Å²) < 4.78 is 4.48. The molecule has 0 saturated heterocycles. The third kappa shape index (κ3) is 2.08. The molecule has 1 heterocycles. The zero-order valence-electron chi connectivity index (χ0n) is 9.99. The zero-order chi connectivity index (χ0) is 13.4. The van der Waals surface area contributed by atoms with Gasteiger partial charge in [0.25, 0.3) is 5.75 Å². The van der Waals surface area contributed by atoms with E-state index in [-0.39, 0.29) is 23.4 Å². The van der Waals surface area contributed by atoms with Crippen LogP contribution in [0.3, 0.4) is 0 Å². The number of aliphatic hydroxyl groups is 1. The Kier molecular flexibility index (Phi) is 2.56. The molecule has 3 rings (SSSR count). The first-order valence-electron chi connectivity index (χ1n) is 5.87. The molecule has 1 unspecified atom stereocenters. The Morgan fingerprint density at radius 3 is 2.37 bits per heavy atom. The molecule has 0 aromatic heterocycles. The first-order chi connectivity index (χ1) is 9.13. The van der Waals surface area contributed by atoms with Crippen molar-refractivity contribution in [2.45, 2.75) is 6.10 Å². The topological polar surface area (TPSA) is 73.5 Å². The normalized spacial score (nSPS) is 16.7. The number of ether oxygens (including phenoxy) is 1. The van der Waals surface area contributed by atoms with Gasteiger partial charge in [0.05, 0.1) is 6.07 Å². The molecule has 0 fully saturated rings. The fraction of sp³-hybridized carbons (Fsp3) is 0.0667. The number of benzene rings is 2. The maximum Gasteiger partial charge on any atom is 0.270 e. The molecule has 96 valence electrons. The summed E-state index contributed by atoms with van der Waals surface area (Å²) in [5, 5.41) is 28.5. The van der Waals surface area contributed by atoms with Gasteiger partial charge in [0.15, 0.2) is 0 Å². The van der Waals surface area contributed by atoms with Crippen molar-refractivity contribution in [3.63, 3.8) is 0 Å². The van der Waals surface area contributed by atoms with Crippen LogP contribution in [0.15, 0.2) is 42.5 Å². The largest absolute Gasteiger partial charge is 0.574 e. The Bertz CT molecular complexity index is 644. The van der Waals surface area contributed by atoms with Crippen molar-refractivity contribution < 1.29 is 20.1 Å². The van der Waals surface area contributed by atoms with Gasteiger partial charge in [-0.3, -0.25) is 0 Å². The molecule has 4 heteroatoms. The molecular formula is C15H13O4+. The predicted molar refractivity (Wildman–Crippen MR) is 71.3 cm³/mol. The molecule has 2 aromatic carbocycles. The molecule has 2 aromatic rings. The van der Waals surface area contributed by atoms with E-state index in [9.17, 15) is 15.3 Å². The number of hydrogen-bond acceptors (Lipinski definition) is 3. The monoisotopic (exact) mass is 257 g/mol. The minimum atomic E-state index is -0.186. The molecule has 1 aliphatic heterocycles. The van der Waals surface area contributed by atoms with E-state index in [2.05, 4.69) is 4.74 Å². The van der Waals surface area contributed by atoms with E-state index in [0.29, 0.717) is 11.3 Å². The SMILES string of the molecule is Oc1ccc(C2C=Cc3c(O)cc(O)cc3[OH+]2)cc1. The van der Waals surface area contributed by atoms with E-state index in [1.54, 1.807) is 30.3 Å². The molecule has 0 saturated carbocycles. The van der Waals surface area contributed by atoms with Gasteiger partial charge >= 0.3 is 0 Å². The van der Waals surface area contributed by atoms with E-state index in [0.717, 1.165) is 5.56 Å². The third-order valence-corrected chi connectivity index (χ3v) is 3.08. The molecule has 0 bridgehead atoms. The van der Waals surface area contributed by atoms with Gasteiger partial charge in [-0.15, -0.1) is 0 Å². The zero-order valence-corrected chi connectivity index (χ0v) is 9.99. The van der Waals surface area contributed by atoms with E-state index < -0.39 is 0 Å². The van der Waals surface area contributed by atoms with Crippen LogP contribution in [0.5, 0.6) is 23.0 Å². The summed E-state index contributed by atoms with van der Waals surface area (Å²) in [5.41, 5.74) is 1.54. The summed E-state index contributed by atoms with van der Waals surface area (Å²) in [6.45, 7) is 0. The Morgan fingerprint density at radius 2 is 1.63 bits per heavy atom. The van der Waals surface area contributed by atoms with E-state index >= 15 is 0 Å². The van der Waals surface area contributed by atoms with Crippen LogP contribution in [-0.2, 0) is 0 Å². The molecule has 4 N–H and O–H groups in total. The number of fused-ring (bicyclic) bond motifs is 1. The van der Waals surface area contributed by atoms with Crippen molar-refractivity contribution in [3.05, 3.63) is 53.6 Å². The maximum absolute atomic E-state index is 9.73. The van der Waals surface area contributed by atoms with Crippen molar-refractivity contribution in [2.75, 3.05) is 0 Å². The highest BCUT2D eigenvalue weighted by Gasteiger charge is 2.24. The van der Waals surface area contributed by atoms with Crippen LogP contribution in [0.25, 0.3) is 6.08 Å². The van der Waals surface area contributed by atoms with Gasteiger partial charge in [0, 0.05) is 17.7 Å². The van der Waals surface area contributed by atoms with Crippen LogP contribution in [0.4, 0.5) is 0 Å². The lowest BCUT2D eigenvalue weighted by Gasteiger charge is -2.19. The maximum atomic E-state index is 9.73. The molecule has 0 spiro atoms. The van der Waals surface area contributed by atoms with E-state index in [1.165, 1.54) is 12.1 Å². The van der Waals surface area contributed by atoms with E-state index in [1.807, 2.05) is 6.08 Å². The van der Waals surface area contributed by atoms with Crippen molar-refractivity contribution in [1.29, 1.82) is 0 Å². The fourth-order valence-electron chi connectivity index (χ4n) is 2.12. The van der Waals surface area contributed by atoms with Crippen molar-refractivity contribution in [3.8, 4) is 23.0 Å². The van der Waals surface area contributed by atoms with Gasteiger partial charge in [0.1, 0.15) is 22.8 Å². The number of rotatable bonds is 1. The predicted octanol–water partition coefficient (Wildman–Crippen LogP) is 2.81. The molecule has 19 heavy (non-hydrogen) atoms. The second-order valence-electron chi connectivity index (χ2n) is 4.42. The van der Waals surface area contributed by atoms with Crippen LogP contribution in [0, 0.1) is 0 Å². The highest BCUT2D eigenvalue weighted by atomic mass is 16.5. The lowest BCUT2D eigenvalue weighted by Crippen LogP contribution is -2.05. The quantitative estimate of drug-likeness (QED) is 0.688. The van der Waals surface area contributed by atoms with Gasteiger partial charge in [-0.2, -0.15) is 0 Å². The van der Waals surface area contributed by atoms with Gasteiger partial charge in [-0.1, -0.05) is 0 Å². The molecule has 1 aliphatic rings. The summed E-state index contributed by atoms with van der Waals surface area (Å²) >= 11 is 0. The van der Waals surface area contributed by atoms with Crippen LogP contribution in [0.1, 0.15) is 17.2 Å². The number of aromatic hydroxyl groups is 4. The first kappa shape index (κ1) is 11.5. The summed E-state index contributed by atoms with van der Waals surface area (Å²) in [5.74, 6) is 0.760.